The van der Waals surface area contributed by atoms with Crippen molar-refractivity contribution < 1.29 is 4.92 Å². The van der Waals surface area contributed by atoms with Crippen LogP contribution >= 0.6 is 23.4 Å². The van der Waals surface area contributed by atoms with E-state index in [9.17, 15) is 10.1 Å². The van der Waals surface area contributed by atoms with Crippen LogP contribution in [0.25, 0.3) is 0 Å². The van der Waals surface area contributed by atoms with Gasteiger partial charge in [-0.3, -0.25) is 10.1 Å². The maximum Gasteiger partial charge on any atom is 0.283 e. The monoisotopic (exact) mass is 294 g/mol. The second-order valence-electron chi connectivity index (χ2n) is 3.80. The maximum absolute atomic E-state index is 10.9. The van der Waals surface area contributed by atoms with Gasteiger partial charge in [-0.1, -0.05) is 41.6 Å². The molecule has 6 heteroatoms. The summed E-state index contributed by atoms with van der Waals surface area (Å²) in [5.74, 6) is 0. The van der Waals surface area contributed by atoms with Gasteiger partial charge in [-0.25, -0.2) is 0 Å². The summed E-state index contributed by atoms with van der Waals surface area (Å²) in [7, 11) is 0. The standard InChI is InChI=1S/C13H11ClN2O2S/c14-10-7-9(8-15)5-6-12(10)19-13-4-2-1-3-11(13)16(17)18/h1-7H,8,15H2. The lowest BCUT2D eigenvalue weighted by Crippen LogP contribution is -1.95. The lowest BCUT2D eigenvalue weighted by molar-refractivity contribution is -0.387. The minimum Gasteiger partial charge on any atom is -0.326 e. The molecule has 0 saturated heterocycles. The molecule has 0 aliphatic carbocycles. The Hall–Kier alpha value is -1.56. The van der Waals surface area contributed by atoms with E-state index in [1.54, 1.807) is 24.3 Å². The van der Waals surface area contributed by atoms with Gasteiger partial charge in [-0.2, -0.15) is 0 Å². The van der Waals surface area contributed by atoms with E-state index < -0.39 is 4.92 Å². The van der Waals surface area contributed by atoms with Crippen molar-refractivity contribution in [3.8, 4) is 0 Å². The lowest BCUT2D eigenvalue weighted by Gasteiger charge is -2.06. The molecule has 0 radical (unpaired) electrons. The van der Waals surface area contributed by atoms with E-state index in [4.69, 9.17) is 17.3 Å². The highest BCUT2D eigenvalue weighted by Gasteiger charge is 2.14. The second kappa shape index (κ2) is 6.06. The van der Waals surface area contributed by atoms with Crippen molar-refractivity contribution in [2.45, 2.75) is 16.3 Å². The molecule has 98 valence electrons. The van der Waals surface area contributed by atoms with Crippen LogP contribution in [-0.4, -0.2) is 4.92 Å². The van der Waals surface area contributed by atoms with Crippen molar-refractivity contribution in [3.63, 3.8) is 0 Å². The molecule has 0 aliphatic rings. The molecule has 0 atom stereocenters. The van der Waals surface area contributed by atoms with E-state index in [1.807, 2.05) is 12.1 Å². The predicted molar refractivity (Wildman–Crippen MR) is 76.6 cm³/mol. The van der Waals surface area contributed by atoms with E-state index in [0.29, 0.717) is 16.5 Å². The summed E-state index contributed by atoms with van der Waals surface area (Å²) in [6.07, 6.45) is 0. The van der Waals surface area contributed by atoms with Crippen molar-refractivity contribution in [3.05, 3.63) is 63.2 Å². The Morgan fingerprint density at radius 1 is 1.21 bits per heavy atom. The minimum absolute atomic E-state index is 0.0754. The number of nitrogens with two attached hydrogens (primary N) is 1. The van der Waals surface area contributed by atoms with Gasteiger partial charge >= 0.3 is 0 Å². The summed E-state index contributed by atoms with van der Waals surface area (Å²) in [5.41, 5.74) is 6.53. The van der Waals surface area contributed by atoms with Crippen LogP contribution in [0.15, 0.2) is 52.3 Å². The maximum atomic E-state index is 10.9. The Balaban J connectivity index is 2.34. The van der Waals surface area contributed by atoms with E-state index in [0.717, 1.165) is 10.5 Å². The molecule has 0 bridgehead atoms. The number of nitrogens with zero attached hydrogens (tertiary/aromatic N) is 1. The Bertz CT molecular complexity index is 619. The number of rotatable bonds is 4. The second-order valence-corrected chi connectivity index (χ2v) is 5.29. The molecule has 0 aliphatic heterocycles. The zero-order valence-corrected chi connectivity index (χ0v) is 11.4. The number of hydrogen-bond donors (Lipinski definition) is 1. The third-order valence-electron chi connectivity index (χ3n) is 2.51. The van der Waals surface area contributed by atoms with Crippen molar-refractivity contribution in [1.29, 1.82) is 0 Å². The van der Waals surface area contributed by atoms with E-state index in [2.05, 4.69) is 0 Å². The van der Waals surface area contributed by atoms with E-state index in [-0.39, 0.29) is 5.69 Å². The van der Waals surface area contributed by atoms with Crippen LogP contribution in [0.2, 0.25) is 5.02 Å². The molecule has 2 aromatic rings. The molecular formula is C13H11ClN2O2S. The van der Waals surface area contributed by atoms with Crippen LogP contribution in [0.4, 0.5) is 5.69 Å². The van der Waals surface area contributed by atoms with E-state index in [1.165, 1.54) is 17.8 Å². The zero-order chi connectivity index (χ0) is 13.8. The van der Waals surface area contributed by atoms with Gasteiger partial charge in [0.2, 0.25) is 0 Å². The first-order valence-electron chi connectivity index (χ1n) is 5.51. The average molecular weight is 295 g/mol. The fraction of sp³-hybridized carbons (Fsp3) is 0.0769. The molecule has 19 heavy (non-hydrogen) atoms. The Labute approximate surface area is 119 Å². The lowest BCUT2D eigenvalue weighted by atomic mass is 10.2. The molecule has 0 saturated carbocycles. The Kier molecular flexibility index (Phi) is 4.42. The van der Waals surface area contributed by atoms with Crippen molar-refractivity contribution in [2.24, 2.45) is 5.73 Å². The zero-order valence-electron chi connectivity index (χ0n) is 9.88. The van der Waals surface area contributed by atoms with Gasteiger partial charge in [0.05, 0.1) is 14.8 Å². The Morgan fingerprint density at radius 2 is 1.95 bits per heavy atom. The topological polar surface area (TPSA) is 69.2 Å². The summed E-state index contributed by atoms with van der Waals surface area (Å²) in [4.78, 5) is 11.9. The number of benzene rings is 2. The Morgan fingerprint density at radius 3 is 2.58 bits per heavy atom. The highest BCUT2D eigenvalue weighted by Crippen LogP contribution is 2.38. The number of nitro groups is 1. The molecule has 0 aromatic heterocycles. The molecule has 4 nitrogen and oxygen atoms in total. The van der Waals surface area contributed by atoms with Gasteiger partial charge in [0.15, 0.2) is 0 Å². The highest BCUT2D eigenvalue weighted by atomic mass is 35.5. The fourth-order valence-corrected chi connectivity index (χ4v) is 2.81. The average Bonchev–Trinajstić information content (AvgIpc) is 2.41. The summed E-state index contributed by atoms with van der Waals surface area (Å²) < 4.78 is 0. The van der Waals surface area contributed by atoms with Gasteiger partial charge in [-0.15, -0.1) is 0 Å². The van der Waals surface area contributed by atoms with Crippen LogP contribution in [0, 0.1) is 10.1 Å². The van der Waals surface area contributed by atoms with Gasteiger partial charge in [-0.05, 0) is 23.8 Å². The van der Waals surface area contributed by atoms with Gasteiger partial charge < -0.3 is 5.73 Å². The number of nitro benzene ring substituents is 1. The summed E-state index contributed by atoms with van der Waals surface area (Å²) in [6, 6.07) is 12.0. The van der Waals surface area contributed by atoms with Crippen molar-refractivity contribution >= 4 is 29.1 Å². The summed E-state index contributed by atoms with van der Waals surface area (Å²) in [5, 5.41) is 11.5. The predicted octanol–water partition coefficient (Wildman–Crippen LogP) is 3.86. The summed E-state index contributed by atoms with van der Waals surface area (Å²) in [6.45, 7) is 0.413. The van der Waals surface area contributed by atoms with E-state index >= 15 is 0 Å². The first-order chi connectivity index (χ1) is 9.11. The molecule has 0 amide bonds. The molecule has 2 N–H and O–H groups in total. The largest absolute Gasteiger partial charge is 0.326 e. The van der Waals surface area contributed by atoms with Crippen LogP contribution in [0.3, 0.4) is 0 Å². The molecule has 0 unspecified atom stereocenters. The molecular weight excluding hydrogens is 284 g/mol. The van der Waals surface area contributed by atoms with Crippen molar-refractivity contribution in [1.82, 2.24) is 0 Å². The van der Waals surface area contributed by atoms with Crippen molar-refractivity contribution in [2.75, 3.05) is 0 Å². The molecule has 0 heterocycles. The fourth-order valence-electron chi connectivity index (χ4n) is 1.57. The summed E-state index contributed by atoms with van der Waals surface area (Å²) >= 11 is 7.42. The van der Waals surface area contributed by atoms with Crippen LogP contribution in [-0.2, 0) is 6.54 Å². The number of para-hydroxylation sites is 1. The smallest absolute Gasteiger partial charge is 0.283 e. The number of halogens is 1. The normalized spacial score (nSPS) is 10.4. The van der Waals surface area contributed by atoms with Crippen LogP contribution < -0.4 is 5.73 Å². The molecule has 2 aromatic carbocycles. The van der Waals surface area contributed by atoms with Crippen LogP contribution in [0.1, 0.15) is 5.56 Å². The molecule has 2 rings (SSSR count). The quantitative estimate of drug-likeness (QED) is 0.687. The SMILES string of the molecule is NCc1ccc(Sc2ccccc2[N+](=O)[O-])c(Cl)c1. The first-order valence-corrected chi connectivity index (χ1v) is 6.71. The molecule has 0 spiro atoms. The van der Waals surface area contributed by atoms with Gasteiger partial charge in [0, 0.05) is 17.5 Å². The first kappa shape index (κ1) is 13.9. The van der Waals surface area contributed by atoms with Crippen LogP contribution in [0.5, 0.6) is 0 Å². The minimum atomic E-state index is -0.398. The number of hydrogen-bond acceptors (Lipinski definition) is 4. The van der Waals surface area contributed by atoms with Gasteiger partial charge in [0.25, 0.3) is 5.69 Å². The third kappa shape index (κ3) is 3.26. The van der Waals surface area contributed by atoms with Gasteiger partial charge in [0.1, 0.15) is 0 Å². The highest BCUT2D eigenvalue weighted by molar-refractivity contribution is 7.99. The molecule has 0 fully saturated rings. The third-order valence-corrected chi connectivity index (χ3v) is 4.08.